The van der Waals surface area contributed by atoms with Crippen molar-refractivity contribution in [3.8, 4) is 10.6 Å². The zero-order valence-corrected chi connectivity index (χ0v) is 17.2. The third kappa shape index (κ3) is 4.69. The second-order valence-corrected chi connectivity index (χ2v) is 9.93. The molecule has 1 aliphatic heterocycles. The summed E-state index contributed by atoms with van der Waals surface area (Å²) >= 11 is 2.91. The highest BCUT2D eigenvalue weighted by atomic mass is 32.2. The first kappa shape index (κ1) is 19.8. The van der Waals surface area contributed by atoms with Gasteiger partial charge in [0.15, 0.2) is 9.84 Å². The number of carbonyl (C=O) groups is 2. The molecular formula is C17H18N2O5S3. The maximum atomic E-state index is 12.2. The molecule has 1 aromatic heterocycles. The molecule has 0 spiro atoms. The van der Waals surface area contributed by atoms with Gasteiger partial charge in [-0.2, -0.15) is 0 Å². The predicted molar refractivity (Wildman–Crippen MR) is 104 cm³/mol. The molecule has 1 amide bonds. The highest BCUT2D eigenvalue weighted by Crippen LogP contribution is 2.26. The number of carbonyl (C=O) groups excluding carboxylic acids is 2. The minimum atomic E-state index is -3.24. The number of nitrogens with zero attached hydrogens (tertiary/aromatic N) is 2. The van der Waals surface area contributed by atoms with Crippen molar-refractivity contribution >= 4 is 44.8 Å². The number of thiazole rings is 1. The van der Waals surface area contributed by atoms with Crippen LogP contribution in [0.4, 0.5) is 0 Å². The Morgan fingerprint density at radius 2 is 2.00 bits per heavy atom. The van der Waals surface area contributed by atoms with Crippen LogP contribution in [0, 0.1) is 0 Å². The maximum absolute atomic E-state index is 12.2. The van der Waals surface area contributed by atoms with Gasteiger partial charge in [-0.1, -0.05) is 12.1 Å². The van der Waals surface area contributed by atoms with Gasteiger partial charge in [0.05, 0.1) is 16.5 Å². The Labute approximate surface area is 165 Å². The second kappa shape index (κ2) is 7.99. The summed E-state index contributed by atoms with van der Waals surface area (Å²) in [5.41, 5.74) is 1.40. The molecule has 0 saturated carbocycles. The van der Waals surface area contributed by atoms with Crippen LogP contribution in [0.25, 0.3) is 10.6 Å². The summed E-state index contributed by atoms with van der Waals surface area (Å²) < 4.78 is 28.4. The molecule has 2 heterocycles. The summed E-state index contributed by atoms with van der Waals surface area (Å²) in [6.07, 6.45) is 1.16. The van der Waals surface area contributed by atoms with Gasteiger partial charge in [-0.25, -0.2) is 18.2 Å². The van der Waals surface area contributed by atoms with Gasteiger partial charge in [-0.15, -0.1) is 23.1 Å². The van der Waals surface area contributed by atoms with E-state index >= 15 is 0 Å². The molecule has 27 heavy (non-hydrogen) atoms. The lowest BCUT2D eigenvalue weighted by Crippen LogP contribution is -2.41. The lowest BCUT2D eigenvalue weighted by atomic mass is 10.2. The van der Waals surface area contributed by atoms with Crippen LogP contribution in [0.15, 0.2) is 34.5 Å². The van der Waals surface area contributed by atoms with Crippen LogP contribution < -0.4 is 0 Å². The van der Waals surface area contributed by atoms with Crippen molar-refractivity contribution in [3.63, 3.8) is 0 Å². The fourth-order valence-corrected chi connectivity index (χ4v) is 5.18. The monoisotopic (exact) mass is 426 g/mol. The first-order valence-electron chi connectivity index (χ1n) is 8.02. The Balaban J connectivity index is 1.63. The topological polar surface area (TPSA) is 93.6 Å². The van der Waals surface area contributed by atoms with Crippen molar-refractivity contribution in [2.75, 3.05) is 17.9 Å². The van der Waals surface area contributed by atoms with Crippen LogP contribution in [0.1, 0.15) is 12.6 Å². The van der Waals surface area contributed by atoms with E-state index < -0.39 is 21.8 Å². The zero-order chi connectivity index (χ0) is 19.6. The van der Waals surface area contributed by atoms with Crippen LogP contribution in [0.5, 0.6) is 0 Å². The number of ether oxygens (including phenoxy) is 1. The fraction of sp³-hybridized carbons (Fsp3) is 0.353. The van der Waals surface area contributed by atoms with E-state index in [1.54, 1.807) is 29.6 Å². The maximum Gasteiger partial charge on any atom is 0.330 e. The van der Waals surface area contributed by atoms with E-state index in [0.29, 0.717) is 22.3 Å². The summed E-state index contributed by atoms with van der Waals surface area (Å²) in [6.45, 7) is 1.47. The Kier molecular flexibility index (Phi) is 5.87. The van der Waals surface area contributed by atoms with Gasteiger partial charge >= 0.3 is 5.97 Å². The van der Waals surface area contributed by atoms with Gasteiger partial charge in [0.1, 0.15) is 17.7 Å². The summed E-state index contributed by atoms with van der Waals surface area (Å²) in [5, 5.41) is 2.50. The third-order valence-corrected chi connectivity index (χ3v) is 7.08. The van der Waals surface area contributed by atoms with Gasteiger partial charge < -0.3 is 9.64 Å². The van der Waals surface area contributed by atoms with Crippen LogP contribution in [0.3, 0.4) is 0 Å². The van der Waals surface area contributed by atoms with E-state index in [1.165, 1.54) is 34.9 Å². The van der Waals surface area contributed by atoms with E-state index in [9.17, 15) is 18.0 Å². The Hall–Kier alpha value is -1.91. The smallest absolute Gasteiger partial charge is 0.330 e. The molecule has 0 aliphatic carbocycles. The molecule has 1 aromatic carbocycles. The number of rotatable bonds is 5. The SMILES string of the molecule is CC(=O)N1CSCC1C(=O)OCc1csc(-c2ccc(S(C)(=O)=O)cc2)n1. The molecule has 144 valence electrons. The van der Waals surface area contributed by atoms with E-state index in [2.05, 4.69) is 4.98 Å². The van der Waals surface area contributed by atoms with E-state index in [4.69, 9.17) is 4.74 Å². The van der Waals surface area contributed by atoms with Gasteiger partial charge in [0.25, 0.3) is 0 Å². The lowest BCUT2D eigenvalue weighted by Gasteiger charge is -2.20. The second-order valence-electron chi connectivity index (χ2n) is 6.05. The Morgan fingerprint density at radius 1 is 1.30 bits per heavy atom. The summed E-state index contributed by atoms with van der Waals surface area (Å²) in [5.74, 6) is 0.463. The van der Waals surface area contributed by atoms with E-state index in [0.717, 1.165) is 11.8 Å². The average Bonchev–Trinajstić information content (AvgIpc) is 3.28. The number of aromatic nitrogens is 1. The highest BCUT2D eigenvalue weighted by molar-refractivity contribution is 7.99. The molecule has 1 unspecified atom stereocenters. The minimum Gasteiger partial charge on any atom is -0.458 e. The number of amides is 1. The molecule has 1 saturated heterocycles. The van der Waals surface area contributed by atoms with Crippen molar-refractivity contribution in [2.24, 2.45) is 0 Å². The first-order valence-corrected chi connectivity index (χ1v) is 11.9. The molecule has 0 N–H and O–H groups in total. The molecule has 0 radical (unpaired) electrons. The standard InChI is InChI=1S/C17H18N2O5S3/c1-11(20)19-10-25-9-15(19)17(21)24-7-13-8-26-16(18-13)12-3-5-14(6-4-12)27(2,22)23/h3-6,8,15H,7,9-10H2,1-2H3. The predicted octanol–water partition coefficient (Wildman–Crippen LogP) is 2.18. The zero-order valence-electron chi connectivity index (χ0n) is 14.7. The van der Waals surface area contributed by atoms with Gasteiger partial charge in [0, 0.05) is 29.9 Å². The number of esters is 1. The molecule has 1 aliphatic rings. The molecule has 3 rings (SSSR count). The molecule has 0 bridgehead atoms. The van der Waals surface area contributed by atoms with Gasteiger partial charge in [-0.3, -0.25) is 4.79 Å². The van der Waals surface area contributed by atoms with Crippen LogP contribution >= 0.6 is 23.1 Å². The molecule has 1 fully saturated rings. The highest BCUT2D eigenvalue weighted by Gasteiger charge is 2.34. The van der Waals surface area contributed by atoms with E-state index in [-0.39, 0.29) is 17.4 Å². The van der Waals surface area contributed by atoms with Crippen molar-refractivity contribution in [1.29, 1.82) is 0 Å². The van der Waals surface area contributed by atoms with Crippen molar-refractivity contribution in [2.45, 2.75) is 24.5 Å². The van der Waals surface area contributed by atoms with Crippen molar-refractivity contribution in [3.05, 3.63) is 35.3 Å². The fourth-order valence-electron chi connectivity index (χ4n) is 2.54. The summed E-state index contributed by atoms with van der Waals surface area (Å²) in [4.78, 5) is 30.0. The quantitative estimate of drug-likeness (QED) is 0.677. The van der Waals surface area contributed by atoms with Crippen molar-refractivity contribution < 1.29 is 22.7 Å². The molecule has 10 heteroatoms. The number of benzene rings is 1. The number of sulfone groups is 1. The first-order chi connectivity index (χ1) is 12.8. The summed E-state index contributed by atoms with van der Waals surface area (Å²) in [7, 11) is -3.24. The van der Waals surface area contributed by atoms with E-state index in [1.807, 2.05) is 0 Å². The molecule has 2 aromatic rings. The minimum absolute atomic E-state index is 0.0314. The molecule has 7 nitrogen and oxygen atoms in total. The van der Waals surface area contributed by atoms with Crippen LogP contribution in [-0.4, -0.2) is 54.1 Å². The Morgan fingerprint density at radius 3 is 2.63 bits per heavy atom. The normalized spacial score (nSPS) is 17.1. The Bertz CT molecular complexity index is 953. The average molecular weight is 427 g/mol. The van der Waals surface area contributed by atoms with Crippen molar-refractivity contribution in [1.82, 2.24) is 9.88 Å². The number of hydrogen-bond donors (Lipinski definition) is 0. The molecule has 1 atom stereocenters. The molecular weight excluding hydrogens is 408 g/mol. The van der Waals surface area contributed by atoms with Gasteiger partial charge in [0.2, 0.25) is 5.91 Å². The number of thioether (sulfide) groups is 1. The van der Waals surface area contributed by atoms with Crippen LogP contribution in [0.2, 0.25) is 0 Å². The summed E-state index contributed by atoms with van der Waals surface area (Å²) in [6, 6.07) is 5.94. The largest absolute Gasteiger partial charge is 0.458 e. The third-order valence-electron chi connectivity index (χ3n) is 4.00. The van der Waals surface area contributed by atoms with Gasteiger partial charge in [-0.05, 0) is 12.1 Å². The number of hydrogen-bond acceptors (Lipinski definition) is 8. The van der Waals surface area contributed by atoms with Crippen LogP contribution in [-0.2, 0) is 30.8 Å². The lowest BCUT2D eigenvalue weighted by molar-refractivity contribution is -0.153.